The first-order chi connectivity index (χ1) is 13.1. The van der Waals surface area contributed by atoms with Gasteiger partial charge in [-0.05, 0) is 30.2 Å². The van der Waals surface area contributed by atoms with Crippen molar-refractivity contribution in [2.75, 3.05) is 13.2 Å². The van der Waals surface area contributed by atoms with Crippen molar-refractivity contribution < 1.29 is 13.2 Å². The van der Waals surface area contributed by atoms with Gasteiger partial charge >= 0.3 is 0 Å². The molecule has 0 saturated carbocycles. The van der Waals surface area contributed by atoms with Gasteiger partial charge in [0.15, 0.2) is 0 Å². The molecule has 0 spiro atoms. The van der Waals surface area contributed by atoms with E-state index in [0.29, 0.717) is 5.88 Å². The highest BCUT2D eigenvalue weighted by Crippen LogP contribution is 2.17. The number of benzene rings is 2. The van der Waals surface area contributed by atoms with E-state index in [0.717, 1.165) is 23.2 Å². The molecule has 0 amide bonds. The van der Waals surface area contributed by atoms with E-state index in [1.807, 2.05) is 55.5 Å². The zero-order valence-electron chi connectivity index (χ0n) is 15.0. The molecule has 3 aromatic rings. The number of hydrogen-bond acceptors (Lipinski definition) is 5. The minimum Gasteiger partial charge on any atom is -0.475 e. The van der Waals surface area contributed by atoms with E-state index in [-0.39, 0.29) is 18.0 Å². The zero-order valence-corrected chi connectivity index (χ0v) is 15.8. The molecule has 0 aliphatic heterocycles. The molecule has 7 heteroatoms. The molecule has 0 unspecified atom stereocenters. The molecule has 3 rings (SSSR count). The summed E-state index contributed by atoms with van der Waals surface area (Å²) >= 11 is 0. The smallest absolute Gasteiger partial charge is 0.240 e. The fourth-order valence-corrected chi connectivity index (χ4v) is 3.49. The lowest BCUT2D eigenvalue weighted by Crippen LogP contribution is -2.28. The highest BCUT2D eigenvalue weighted by Gasteiger charge is 2.13. The van der Waals surface area contributed by atoms with Crippen LogP contribution in [-0.2, 0) is 16.4 Å². The predicted octanol–water partition coefficient (Wildman–Crippen LogP) is 3.06. The van der Waals surface area contributed by atoms with E-state index in [1.165, 1.54) is 0 Å². The van der Waals surface area contributed by atoms with Crippen molar-refractivity contribution in [2.45, 2.75) is 18.2 Å². The SMILES string of the molecule is CCc1ccc(S(=O)(=O)NCCOc2ccc(-c3ccccc3)nn2)cc1. The maximum Gasteiger partial charge on any atom is 0.240 e. The molecule has 1 aromatic heterocycles. The monoisotopic (exact) mass is 383 g/mol. The molecule has 6 nitrogen and oxygen atoms in total. The van der Waals surface area contributed by atoms with Crippen LogP contribution in [0.3, 0.4) is 0 Å². The molecule has 0 fully saturated rings. The molecule has 140 valence electrons. The normalized spacial score (nSPS) is 11.3. The van der Waals surface area contributed by atoms with Gasteiger partial charge in [0.05, 0.1) is 10.6 Å². The van der Waals surface area contributed by atoms with Gasteiger partial charge in [-0.1, -0.05) is 49.4 Å². The summed E-state index contributed by atoms with van der Waals surface area (Å²) in [7, 11) is -3.55. The first-order valence-electron chi connectivity index (χ1n) is 8.69. The summed E-state index contributed by atoms with van der Waals surface area (Å²) < 4.78 is 32.5. The quantitative estimate of drug-likeness (QED) is 0.605. The minimum absolute atomic E-state index is 0.139. The van der Waals surface area contributed by atoms with E-state index >= 15 is 0 Å². The van der Waals surface area contributed by atoms with Crippen LogP contribution in [0.2, 0.25) is 0 Å². The van der Waals surface area contributed by atoms with Crippen LogP contribution in [0.4, 0.5) is 0 Å². The van der Waals surface area contributed by atoms with E-state index in [9.17, 15) is 8.42 Å². The van der Waals surface area contributed by atoms with Crippen LogP contribution >= 0.6 is 0 Å². The molecule has 2 aromatic carbocycles. The van der Waals surface area contributed by atoms with Gasteiger partial charge in [-0.2, -0.15) is 0 Å². The molecular formula is C20H21N3O3S. The Balaban J connectivity index is 1.50. The second-order valence-electron chi connectivity index (χ2n) is 5.87. The first kappa shape index (κ1) is 19.0. The maximum atomic E-state index is 12.3. The van der Waals surface area contributed by atoms with Crippen LogP contribution in [-0.4, -0.2) is 31.8 Å². The van der Waals surface area contributed by atoms with Crippen LogP contribution in [0, 0.1) is 0 Å². The van der Waals surface area contributed by atoms with Gasteiger partial charge in [0.2, 0.25) is 15.9 Å². The van der Waals surface area contributed by atoms with E-state index in [4.69, 9.17) is 4.74 Å². The maximum absolute atomic E-state index is 12.3. The van der Waals surface area contributed by atoms with Gasteiger partial charge in [-0.25, -0.2) is 13.1 Å². The summed E-state index contributed by atoms with van der Waals surface area (Å²) in [5.41, 5.74) is 2.81. The minimum atomic E-state index is -3.55. The summed E-state index contributed by atoms with van der Waals surface area (Å²) in [5.74, 6) is 0.348. The fourth-order valence-electron chi connectivity index (χ4n) is 2.48. The number of aromatic nitrogens is 2. The van der Waals surface area contributed by atoms with Gasteiger partial charge in [-0.15, -0.1) is 10.2 Å². The van der Waals surface area contributed by atoms with Crippen LogP contribution < -0.4 is 9.46 Å². The van der Waals surface area contributed by atoms with E-state index < -0.39 is 10.0 Å². The number of hydrogen-bond donors (Lipinski definition) is 1. The van der Waals surface area contributed by atoms with Crippen molar-refractivity contribution in [3.8, 4) is 17.1 Å². The second kappa shape index (κ2) is 8.75. The van der Waals surface area contributed by atoms with E-state index in [1.54, 1.807) is 18.2 Å². The molecule has 0 bridgehead atoms. The fraction of sp³-hybridized carbons (Fsp3) is 0.200. The summed E-state index contributed by atoms with van der Waals surface area (Å²) in [5, 5.41) is 8.14. The Morgan fingerprint density at radius 1 is 0.926 bits per heavy atom. The topological polar surface area (TPSA) is 81.2 Å². The Morgan fingerprint density at radius 3 is 2.30 bits per heavy atom. The average Bonchev–Trinajstić information content (AvgIpc) is 2.72. The highest BCUT2D eigenvalue weighted by atomic mass is 32.2. The van der Waals surface area contributed by atoms with Gasteiger partial charge in [0, 0.05) is 18.2 Å². The number of nitrogens with zero attached hydrogens (tertiary/aromatic N) is 2. The highest BCUT2D eigenvalue weighted by molar-refractivity contribution is 7.89. The lowest BCUT2D eigenvalue weighted by Gasteiger charge is -2.08. The summed E-state index contributed by atoms with van der Waals surface area (Å²) in [6.45, 7) is 2.32. The van der Waals surface area contributed by atoms with Crippen molar-refractivity contribution in [3.63, 3.8) is 0 Å². The molecule has 0 saturated heterocycles. The molecule has 1 N–H and O–H groups in total. The van der Waals surface area contributed by atoms with Gasteiger partial charge in [0.1, 0.15) is 6.61 Å². The van der Waals surface area contributed by atoms with Gasteiger partial charge in [-0.3, -0.25) is 0 Å². The predicted molar refractivity (Wildman–Crippen MR) is 104 cm³/mol. The Morgan fingerprint density at radius 2 is 1.67 bits per heavy atom. The third-order valence-electron chi connectivity index (χ3n) is 4.00. The van der Waals surface area contributed by atoms with Crippen LogP contribution in [0.5, 0.6) is 5.88 Å². The Kier molecular flexibility index (Phi) is 6.16. The Labute approximate surface area is 159 Å². The zero-order chi connectivity index (χ0) is 19.1. The van der Waals surface area contributed by atoms with Gasteiger partial charge in [0.25, 0.3) is 0 Å². The van der Waals surface area contributed by atoms with Crippen molar-refractivity contribution in [1.29, 1.82) is 0 Å². The lowest BCUT2D eigenvalue weighted by atomic mass is 10.1. The number of nitrogens with one attached hydrogen (secondary N) is 1. The van der Waals surface area contributed by atoms with E-state index in [2.05, 4.69) is 14.9 Å². The number of rotatable bonds is 8. The summed E-state index contributed by atoms with van der Waals surface area (Å²) in [6.07, 6.45) is 0.867. The first-order valence-corrected chi connectivity index (χ1v) is 10.2. The molecule has 0 atom stereocenters. The van der Waals surface area contributed by atoms with Crippen LogP contribution in [0.1, 0.15) is 12.5 Å². The average molecular weight is 383 g/mol. The van der Waals surface area contributed by atoms with Crippen molar-refractivity contribution >= 4 is 10.0 Å². The van der Waals surface area contributed by atoms with Crippen molar-refractivity contribution in [3.05, 3.63) is 72.3 Å². The van der Waals surface area contributed by atoms with Crippen molar-refractivity contribution in [1.82, 2.24) is 14.9 Å². The standard InChI is InChI=1S/C20H21N3O3S/c1-2-16-8-10-18(11-9-16)27(24,25)21-14-15-26-20-13-12-19(22-23-20)17-6-4-3-5-7-17/h3-13,21H,2,14-15H2,1H3. The van der Waals surface area contributed by atoms with Crippen LogP contribution in [0.15, 0.2) is 71.6 Å². The number of ether oxygens (including phenoxy) is 1. The van der Waals surface area contributed by atoms with Crippen LogP contribution in [0.25, 0.3) is 11.3 Å². The largest absolute Gasteiger partial charge is 0.475 e. The van der Waals surface area contributed by atoms with Gasteiger partial charge < -0.3 is 4.74 Å². The molecule has 0 aliphatic carbocycles. The molecule has 1 heterocycles. The third kappa shape index (κ3) is 5.12. The lowest BCUT2D eigenvalue weighted by molar-refractivity contribution is 0.307. The Bertz CT molecular complexity index is 958. The molecular weight excluding hydrogens is 362 g/mol. The number of sulfonamides is 1. The summed E-state index contributed by atoms with van der Waals surface area (Å²) in [4.78, 5) is 0.242. The Hall–Kier alpha value is -2.77. The van der Waals surface area contributed by atoms with Crippen molar-refractivity contribution in [2.24, 2.45) is 0 Å². The summed E-state index contributed by atoms with van der Waals surface area (Å²) in [6, 6.07) is 20.1. The number of aryl methyl sites for hydroxylation is 1. The molecule has 27 heavy (non-hydrogen) atoms. The third-order valence-corrected chi connectivity index (χ3v) is 5.47. The molecule has 0 radical (unpaired) electrons. The second-order valence-corrected chi connectivity index (χ2v) is 7.63. The molecule has 0 aliphatic rings.